The van der Waals surface area contributed by atoms with Gasteiger partial charge in [-0.25, -0.2) is 0 Å². The molecule has 1 amide bonds. The van der Waals surface area contributed by atoms with Crippen molar-refractivity contribution in [1.29, 1.82) is 0 Å². The van der Waals surface area contributed by atoms with E-state index >= 15 is 0 Å². The first-order chi connectivity index (χ1) is 9.56. The minimum Gasteiger partial charge on any atom is -0.348 e. The first-order valence-corrected chi connectivity index (χ1v) is 7.70. The number of benzene rings is 1. The minimum absolute atomic E-state index is 0.0556. The van der Waals surface area contributed by atoms with Gasteiger partial charge in [-0.1, -0.05) is 36.7 Å². The number of nitrogens with zero attached hydrogens (tertiary/aromatic N) is 1. The summed E-state index contributed by atoms with van der Waals surface area (Å²) >= 11 is 6.15. The van der Waals surface area contributed by atoms with Crippen LogP contribution in [0.2, 0.25) is 5.02 Å². The van der Waals surface area contributed by atoms with Crippen molar-refractivity contribution in [3.05, 3.63) is 34.9 Å². The number of carbonyl (C=O) groups excluding carboxylic acids is 1. The summed E-state index contributed by atoms with van der Waals surface area (Å²) in [6.45, 7) is 6.78. The van der Waals surface area contributed by atoms with E-state index in [1.807, 2.05) is 31.2 Å². The lowest BCUT2D eigenvalue weighted by atomic mass is 9.99. The lowest BCUT2D eigenvalue weighted by molar-refractivity contribution is -0.123. The molecule has 20 heavy (non-hydrogen) atoms. The monoisotopic (exact) mass is 294 g/mol. The van der Waals surface area contributed by atoms with Crippen LogP contribution in [-0.4, -0.2) is 30.4 Å². The maximum atomic E-state index is 12.1. The molecule has 3 nitrogen and oxygen atoms in total. The number of piperidine rings is 1. The Hall–Kier alpha value is -1.06. The van der Waals surface area contributed by atoms with E-state index in [1.165, 1.54) is 12.8 Å². The number of nitrogens with one attached hydrogen (secondary N) is 1. The number of hydrogen-bond donors (Lipinski definition) is 1. The summed E-state index contributed by atoms with van der Waals surface area (Å²) in [5, 5.41) is 3.73. The molecular weight excluding hydrogens is 272 g/mol. The molecule has 0 radical (unpaired) electrons. The van der Waals surface area contributed by atoms with E-state index in [-0.39, 0.29) is 11.9 Å². The van der Waals surface area contributed by atoms with Crippen LogP contribution in [-0.2, 0) is 4.79 Å². The molecule has 1 heterocycles. The standard InChI is InChI=1S/C16H23ClN2O/c1-12-7-9-19(10-8-12)11-16(20)18-13(2)14-5-3-4-6-15(14)17/h3-6,12-13H,7-11H2,1-2H3,(H,18,20)/t13-/m0/s1. The zero-order valence-corrected chi connectivity index (χ0v) is 13.0. The Morgan fingerprint density at radius 3 is 2.70 bits per heavy atom. The third kappa shape index (κ3) is 4.22. The summed E-state index contributed by atoms with van der Waals surface area (Å²) in [6.07, 6.45) is 2.38. The Bertz CT molecular complexity index is 456. The van der Waals surface area contributed by atoms with E-state index in [0.717, 1.165) is 24.6 Å². The van der Waals surface area contributed by atoms with Gasteiger partial charge in [-0.2, -0.15) is 0 Å². The van der Waals surface area contributed by atoms with E-state index in [9.17, 15) is 4.79 Å². The van der Waals surface area contributed by atoms with Crippen LogP contribution in [0.15, 0.2) is 24.3 Å². The fraction of sp³-hybridized carbons (Fsp3) is 0.562. The Labute approximate surface area is 126 Å². The summed E-state index contributed by atoms with van der Waals surface area (Å²) in [5.74, 6) is 0.864. The van der Waals surface area contributed by atoms with Crippen molar-refractivity contribution in [2.75, 3.05) is 19.6 Å². The molecule has 110 valence electrons. The van der Waals surface area contributed by atoms with Crippen LogP contribution >= 0.6 is 11.6 Å². The van der Waals surface area contributed by atoms with Crippen molar-refractivity contribution in [3.63, 3.8) is 0 Å². The Morgan fingerprint density at radius 2 is 2.05 bits per heavy atom. The molecule has 1 aliphatic rings. The SMILES string of the molecule is CC1CCN(CC(=O)N[C@@H](C)c2ccccc2Cl)CC1. The van der Waals surface area contributed by atoms with Gasteiger partial charge in [0.1, 0.15) is 0 Å². The maximum Gasteiger partial charge on any atom is 0.234 e. The highest BCUT2D eigenvalue weighted by molar-refractivity contribution is 6.31. The average Bonchev–Trinajstić information content (AvgIpc) is 2.41. The van der Waals surface area contributed by atoms with Gasteiger partial charge < -0.3 is 5.32 Å². The molecule has 1 fully saturated rings. The van der Waals surface area contributed by atoms with Crippen LogP contribution in [0.1, 0.15) is 38.3 Å². The molecule has 0 spiro atoms. The second-order valence-corrected chi connectivity index (χ2v) is 6.18. The predicted molar refractivity (Wildman–Crippen MR) is 82.8 cm³/mol. The largest absolute Gasteiger partial charge is 0.348 e. The van der Waals surface area contributed by atoms with Gasteiger partial charge >= 0.3 is 0 Å². The summed E-state index contributed by atoms with van der Waals surface area (Å²) in [5.41, 5.74) is 0.967. The summed E-state index contributed by atoms with van der Waals surface area (Å²) in [4.78, 5) is 14.3. The molecule has 1 aromatic rings. The van der Waals surface area contributed by atoms with Gasteiger partial charge in [0.25, 0.3) is 0 Å². The first kappa shape index (κ1) is 15.3. The first-order valence-electron chi connectivity index (χ1n) is 7.32. The van der Waals surface area contributed by atoms with Gasteiger partial charge in [-0.05, 0) is 50.4 Å². The van der Waals surface area contributed by atoms with Gasteiger partial charge in [-0.15, -0.1) is 0 Å². The lowest BCUT2D eigenvalue weighted by Gasteiger charge is -2.30. The fourth-order valence-electron chi connectivity index (χ4n) is 2.61. The van der Waals surface area contributed by atoms with Crippen LogP contribution < -0.4 is 5.32 Å². The van der Waals surface area contributed by atoms with Gasteiger partial charge in [0, 0.05) is 5.02 Å². The molecule has 0 bridgehead atoms. The fourth-order valence-corrected chi connectivity index (χ4v) is 2.91. The predicted octanol–water partition coefficient (Wildman–Crippen LogP) is 3.25. The molecule has 0 aliphatic carbocycles. The average molecular weight is 295 g/mol. The van der Waals surface area contributed by atoms with Crippen molar-refractivity contribution in [3.8, 4) is 0 Å². The van der Waals surface area contributed by atoms with Crippen LogP contribution in [0.3, 0.4) is 0 Å². The molecule has 1 atom stereocenters. The molecule has 0 unspecified atom stereocenters. The van der Waals surface area contributed by atoms with Gasteiger partial charge in [0.05, 0.1) is 12.6 Å². The number of amides is 1. The topological polar surface area (TPSA) is 32.3 Å². The van der Waals surface area contributed by atoms with Crippen LogP contribution in [0.5, 0.6) is 0 Å². The van der Waals surface area contributed by atoms with Gasteiger partial charge in [0.2, 0.25) is 5.91 Å². The van der Waals surface area contributed by atoms with Gasteiger partial charge in [0.15, 0.2) is 0 Å². The molecule has 0 saturated carbocycles. The molecule has 0 aromatic heterocycles. The molecule has 4 heteroatoms. The van der Waals surface area contributed by atoms with Crippen molar-refractivity contribution >= 4 is 17.5 Å². The Balaban J connectivity index is 1.84. The molecule has 2 rings (SSSR count). The number of halogens is 1. The number of likely N-dealkylation sites (tertiary alicyclic amines) is 1. The third-order valence-corrected chi connectivity index (χ3v) is 4.34. The van der Waals surface area contributed by atoms with E-state index in [1.54, 1.807) is 0 Å². The maximum absolute atomic E-state index is 12.1. The highest BCUT2D eigenvalue weighted by atomic mass is 35.5. The summed E-state index contributed by atoms with van der Waals surface area (Å²) < 4.78 is 0. The van der Waals surface area contributed by atoms with E-state index in [4.69, 9.17) is 11.6 Å². The second-order valence-electron chi connectivity index (χ2n) is 5.77. The van der Waals surface area contributed by atoms with Crippen molar-refractivity contribution in [2.24, 2.45) is 5.92 Å². The molecule has 1 saturated heterocycles. The van der Waals surface area contributed by atoms with E-state index in [2.05, 4.69) is 17.1 Å². The van der Waals surface area contributed by atoms with Crippen LogP contribution in [0.25, 0.3) is 0 Å². The second kappa shape index (κ2) is 7.09. The molecule has 1 N–H and O–H groups in total. The quantitative estimate of drug-likeness (QED) is 0.924. The third-order valence-electron chi connectivity index (χ3n) is 3.99. The molecule has 1 aliphatic heterocycles. The summed E-state index contributed by atoms with van der Waals surface area (Å²) in [7, 11) is 0. The highest BCUT2D eigenvalue weighted by Gasteiger charge is 2.19. The van der Waals surface area contributed by atoms with Crippen molar-refractivity contribution < 1.29 is 4.79 Å². The van der Waals surface area contributed by atoms with Crippen molar-refractivity contribution in [2.45, 2.75) is 32.7 Å². The zero-order valence-electron chi connectivity index (χ0n) is 12.2. The lowest BCUT2D eigenvalue weighted by Crippen LogP contribution is -2.41. The number of rotatable bonds is 4. The van der Waals surface area contributed by atoms with Crippen LogP contribution in [0.4, 0.5) is 0 Å². The van der Waals surface area contributed by atoms with Crippen molar-refractivity contribution in [1.82, 2.24) is 10.2 Å². The Kier molecular flexibility index (Phi) is 5.44. The highest BCUT2D eigenvalue weighted by Crippen LogP contribution is 2.22. The molecular formula is C16H23ClN2O. The number of carbonyl (C=O) groups is 1. The zero-order chi connectivity index (χ0) is 14.5. The van der Waals surface area contributed by atoms with E-state index < -0.39 is 0 Å². The Morgan fingerprint density at radius 1 is 1.40 bits per heavy atom. The van der Waals surface area contributed by atoms with Crippen LogP contribution in [0, 0.1) is 5.92 Å². The summed E-state index contributed by atoms with van der Waals surface area (Å²) in [6, 6.07) is 7.59. The normalized spacial score (nSPS) is 18.8. The van der Waals surface area contributed by atoms with E-state index in [0.29, 0.717) is 11.6 Å². The minimum atomic E-state index is -0.0556. The molecule has 1 aromatic carbocycles. The smallest absolute Gasteiger partial charge is 0.234 e. The number of hydrogen-bond acceptors (Lipinski definition) is 2. The van der Waals surface area contributed by atoms with Gasteiger partial charge in [-0.3, -0.25) is 9.69 Å².